The Morgan fingerprint density at radius 2 is 1.51 bits per heavy atom. The first-order valence-electron chi connectivity index (χ1n) is 12.0. The zero-order valence-electron chi connectivity index (χ0n) is 21.0. The van der Waals surface area contributed by atoms with Crippen LogP contribution in [0.2, 0.25) is 0 Å². The molecule has 1 aliphatic heterocycles. The molecule has 0 saturated carbocycles. The van der Waals surface area contributed by atoms with E-state index in [0.717, 1.165) is 16.8 Å². The number of carbonyl (C=O) groups is 1. The molecule has 3 aromatic rings. The number of aromatic nitrogens is 3. The van der Waals surface area contributed by atoms with Crippen LogP contribution in [0, 0.1) is 6.92 Å². The van der Waals surface area contributed by atoms with Crippen molar-refractivity contribution >= 4 is 15.9 Å². The van der Waals surface area contributed by atoms with Crippen molar-refractivity contribution in [3.05, 3.63) is 71.3 Å². The number of aryl methyl sites for hydroxylation is 1. The molecule has 9 heteroatoms. The van der Waals surface area contributed by atoms with Gasteiger partial charge in [0.05, 0.1) is 10.6 Å². The van der Waals surface area contributed by atoms with Crippen LogP contribution in [0.25, 0.3) is 5.69 Å². The van der Waals surface area contributed by atoms with Crippen LogP contribution in [-0.2, 0) is 10.0 Å². The Labute approximate surface area is 207 Å². The van der Waals surface area contributed by atoms with Gasteiger partial charge in [-0.25, -0.2) is 18.1 Å². The predicted octanol–water partition coefficient (Wildman–Crippen LogP) is 3.97. The van der Waals surface area contributed by atoms with Gasteiger partial charge in [0, 0.05) is 26.2 Å². The maximum atomic E-state index is 13.2. The zero-order valence-corrected chi connectivity index (χ0v) is 21.8. The molecule has 2 heterocycles. The van der Waals surface area contributed by atoms with Crippen LogP contribution in [0.5, 0.6) is 0 Å². The number of sulfonamides is 1. The molecule has 1 fully saturated rings. The molecule has 2 aromatic carbocycles. The van der Waals surface area contributed by atoms with E-state index in [1.54, 1.807) is 21.7 Å². The Kier molecular flexibility index (Phi) is 7.10. The normalized spacial score (nSPS) is 15.2. The van der Waals surface area contributed by atoms with Gasteiger partial charge in [-0.05, 0) is 48.1 Å². The number of para-hydroxylation sites is 1. The minimum absolute atomic E-state index is 0.127. The summed E-state index contributed by atoms with van der Waals surface area (Å²) in [5, 5.41) is 4.52. The topological polar surface area (TPSA) is 88.4 Å². The Balaban J connectivity index is 1.47. The molecule has 0 atom stereocenters. The van der Waals surface area contributed by atoms with E-state index in [1.165, 1.54) is 4.31 Å². The first kappa shape index (κ1) is 25.1. The second-order valence-electron chi connectivity index (χ2n) is 9.53. The van der Waals surface area contributed by atoms with E-state index in [2.05, 4.69) is 43.8 Å². The Morgan fingerprint density at radius 3 is 2.11 bits per heavy atom. The van der Waals surface area contributed by atoms with Gasteiger partial charge in [0.1, 0.15) is 5.82 Å². The summed E-state index contributed by atoms with van der Waals surface area (Å²) in [4.78, 5) is 19.5. The van der Waals surface area contributed by atoms with Crippen LogP contribution in [0.3, 0.4) is 0 Å². The lowest BCUT2D eigenvalue weighted by molar-refractivity contribution is 0.0685. The lowest BCUT2D eigenvalue weighted by atomic mass is 10.0. The molecular formula is C26H33N5O3S. The Hall–Kier alpha value is -3.04. The summed E-state index contributed by atoms with van der Waals surface area (Å²) >= 11 is 0. The van der Waals surface area contributed by atoms with Crippen molar-refractivity contribution in [3.63, 3.8) is 0 Å². The highest BCUT2D eigenvalue weighted by Crippen LogP contribution is 2.24. The molecule has 0 unspecified atom stereocenters. The van der Waals surface area contributed by atoms with Crippen molar-refractivity contribution in [2.75, 3.05) is 26.2 Å². The summed E-state index contributed by atoms with van der Waals surface area (Å²) in [6.07, 6.45) is 0. The molecule has 0 aliphatic carbocycles. The number of piperazine rings is 1. The molecule has 0 radical (unpaired) electrons. The number of amides is 1. The van der Waals surface area contributed by atoms with Gasteiger partial charge in [-0.2, -0.15) is 4.31 Å². The highest BCUT2D eigenvalue weighted by atomic mass is 32.2. The molecule has 1 saturated heterocycles. The quantitative estimate of drug-likeness (QED) is 0.516. The number of benzene rings is 2. The van der Waals surface area contributed by atoms with Crippen molar-refractivity contribution in [2.45, 2.75) is 51.3 Å². The van der Waals surface area contributed by atoms with E-state index in [1.807, 2.05) is 37.3 Å². The number of hydrogen-bond donors (Lipinski definition) is 0. The van der Waals surface area contributed by atoms with E-state index in [0.29, 0.717) is 17.7 Å². The van der Waals surface area contributed by atoms with E-state index in [4.69, 9.17) is 0 Å². The van der Waals surface area contributed by atoms with Crippen LogP contribution in [0.1, 0.15) is 67.1 Å². The Bertz CT molecular complexity index is 1310. The average molecular weight is 496 g/mol. The first-order chi connectivity index (χ1) is 16.6. The third-order valence-electron chi connectivity index (χ3n) is 6.46. The second-order valence-corrected chi connectivity index (χ2v) is 11.5. The fraction of sp³-hybridized carbons (Fsp3) is 0.423. The van der Waals surface area contributed by atoms with Gasteiger partial charge in [0.2, 0.25) is 15.8 Å². The SMILES string of the molecule is Cc1nc(C(=O)N2CCN(S(=O)(=O)c3ccc(C(C)C)cc3)CC2)nn1-c1ccccc1C(C)C. The minimum atomic E-state index is -3.61. The van der Waals surface area contributed by atoms with Gasteiger partial charge in [-0.3, -0.25) is 4.79 Å². The lowest BCUT2D eigenvalue weighted by Crippen LogP contribution is -2.50. The number of nitrogens with zero attached hydrogens (tertiary/aromatic N) is 5. The summed E-state index contributed by atoms with van der Waals surface area (Å²) in [6.45, 7) is 11.2. The zero-order chi connectivity index (χ0) is 25.3. The molecule has 4 rings (SSSR count). The largest absolute Gasteiger partial charge is 0.333 e. The van der Waals surface area contributed by atoms with Gasteiger partial charge in [-0.1, -0.05) is 58.0 Å². The molecule has 1 amide bonds. The van der Waals surface area contributed by atoms with Crippen molar-refractivity contribution < 1.29 is 13.2 Å². The molecule has 35 heavy (non-hydrogen) atoms. The minimum Gasteiger partial charge on any atom is -0.333 e. The van der Waals surface area contributed by atoms with Crippen LogP contribution in [0.4, 0.5) is 0 Å². The monoisotopic (exact) mass is 495 g/mol. The number of rotatable bonds is 6. The molecule has 186 valence electrons. The van der Waals surface area contributed by atoms with Gasteiger partial charge >= 0.3 is 0 Å². The van der Waals surface area contributed by atoms with Crippen molar-refractivity contribution in [2.24, 2.45) is 0 Å². The fourth-order valence-electron chi connectivity index (χ4n) is 4.32. The van der Waals surface area contributed by atoms with E-state index in [-0.39, 0.29) is 42.8 Å². The van der Waals surface area contributed by atoms with Crippen LogP contribution < -0.4 is 0 Å². The maximum Gasteiger partial charge on any atom is 0.293 e. The molecule has 1 aliphatic rings. The van der Waals surface area contributed by atoms with Gasteiger partial charge in [0.15, 0.2) is 0 Å². The van der Waals surface area contributed by atoms with Gasteiger partial charge < -0.3 is 4.90 Å². The van der Waals surface area contributed by atoms with Crippen molar-refractivity contribution in [3.8, 4) is 5.69 Å². The lowest BCUT2D eigenvalue weighted by Gasteiger charge is -2.33. The molecule has 0 bridgehead atoms. The smallest absolute Gasteiger partial charge is 0.293 e. The highest BCUT2D eigenvalue weighted by Gasteiger charge is 2.32. The Morgan fingerprint density at radius 1 is 0.886 bits per heavy atom. The number of hydrogen-bond acceptors (Lipinski definition) is 5. The third-order valence-corrected chi connectivity index (χ3v) is 8.37. The maximum absolute atomic E-state index is 13.2. The standard InChI is InChI=1S/C26H33N5O3S/c1-18(2)21-10-12-22(13-11-21)35(33,34)30-16-14-29(15-17-30)26(32)25-27-20(5)31(28-25)24-9-7-6-8-23(24)19(3)4/h6-13,18-19H,14-17H2,1-5H3. The van der Waals surface area contributed by atoms with E-state index >= 15 is 0 Å². The van der Waals surface area contributed by atoms with E-state index < -0.39 is 10.0 Å². The summed E-state index contributed by atoms with van der Waals surface area (Å²) in [5.74, 6) is 1.10. The summed E-state index contributed by atoms with van der Waals surface area (Å²) in [7, 11) is -3.61. The third kappa shape index (κ3) is 5.01. The van der Waals surface area contributed by atoms with Gasteiger partial charge in [-0.15, -0.1) is 5.10 Å². The summed E-state index contributed by atoms with van der Waals surface area (Å²) in [6, 6.07) is 15.0. The molecule has 1 aromatic heterocycles. The highest BCUT2D eigenvalue weighted by molar-refractivity contribution is 7.89. The summed E-state index contributed by atoms with van der Waals surface area (Å²) in [5.41, 5.74) is 3.13. The average Bonchev–Trinajstić information content (AvgIpc) is 3.25. The van der Waals surface area contributed by atoms with Crippen molar-refractivity contribution in [1.82, 2.24) is 24.0 Å². The molecule has 0 spiro atoms. The molecule has 8 nitrogen and oxygen atoms in total. The van der Waals surface area contributed by atoms with E-state index in [9.17, 15) is 13.2 Å². The molecular weight excluding hydrogens is 462 g/mol. The predicted molar refractivity (Wildman–Crippen MR) is 135 cm³/mol. The summed E-state index contributed by atoms with van der Waals surface area (Å²) < 4.78 is 29.4. The first-order valence-corrected chi connectivity index (χ1v) is 13.5. The fourth-order valence-corrected chi connectivity index (χ4v) is 5.75. The second kappa shape index (κ2) is 9.91. The van der Waals surface area contributed by atoms with Gasteiger partial charge in [0.25, 0.3) is 5.91 Å². The molecule has 0 N–H and O–H groups in total. The van der Waals surface area contributed by atoms with Crippen LogP contribution in [0.15, 0.2) is 53.4 Å². The number of carbonyl (C=O) groups excluding carboxylic acids is 1. The van der Waals surface area contributed by atoms with Crippen LogP contribution in [-0.4, -0.2) is 64.5 Å². The van der Waals surface area contributed by atoms with Crippen LogP contribution >= 0.6 is 0 Å². The van der Waals surface area contributed by atoms with Crippen molar-refractivity contribution in [1.29, 1.82) is 0 Å².